The number of hydrogen-bond acceptors (Lipinski definition) is 4. The number of piperazine rings is 1. The van der Waals surface area contributed by atoms with Crippen LogP contribution in [0.3, 0.4) is 0 Å². The van der Waals surface area contributed by atoms with Gasteiger partial charge < -0.3 is 9.74 Å². The lowest BCUT2D eigenvalue weighted by atomic mass is 9.98. The van der Waals surface area contributed by atoms with Crippen molar-refractivity contribution in [2.45, 2.75) is 20.8 Å². The van der Waals surface area contributed by atoms with Gasteiger partial charge in [0, 0.05) is 17.6 Å². The Balaban J connectivity index is 1.93. The van der Waals surface area contributed by atoms with Crippen LogP contribution in [-0.2, 0) is 9.63 Å². The van der Waals surface area contributed by atoms with Crippen LogP contribution in [0.15, 0.2) is 22.7 Å². The average Bonchev–Trinajstić information content (AvgIpc) is 2.39. The Kier molecular flexibility index (Phi) is 4.88. The highest BCUT2D eigenvalue weighted by Crippen LogP contribution is 2.28. The van der Waals surface area contributed by atoms with Crippen LogP contribution in [0.2, 0.25) is 0 Å². The lowest BCUT2D eigenvalue weighted by molar-refractivity contribution is -0.201. The predicted molar refractivity (Wildman–Crippen MR) is 83.4 cm³/mol. The zero-order chi connectivity index (χ0) is 15.6. The highest BCUT2D eigenvalue weighted by atomic mass is 79.9. The SMILES string of the molecule is CC(C)(C)C(=O)ON1CCN(c2ccc(F)cc2Br)CC1. The first kappa shape index (κ1) is 16.2. The van der Waals surface area contributed by atoms with Crippen LogP contribution >= 0.6 is 15.9 Å². The number of carbonyl (C=O) groups is 1. The molecule has 1 aliphatic heterocycles. The van der Waals surface area contributed by atoms with Crippen molar-refractivity contribution in [2.75, 3.05) is 31.1 Å². The standard InChI is InChI=1S/C15H20BrFN2O2/c1-15(2,3)14(20)21-19-8-6-18(7-9-19)13-5-4-11(17)10-12(13)16/h4-5,10H,6-9H2,1-3H3. The van der Waals surface area contributed by atoms with Crippen LogP contribution in [-0.4, -0.2) is 37.2 Å². The van der Waals surface area contributed by atoms with Gasteiger partial charge in [-0.05, 0) is 54.9 Å². The monoisotopic (exact) mass is 358 g/mol. The molecular weight excluding hydrogens is 339 g/mol. The van der Waals surface area contributed by atoms with Crippen molar-refractivity contribution < 1.29 is 14.0 Å². The maximum Gasteiger partial charge on any atom is 0.330 e. The summed E-state index contributed by atoms with van der Waals surface area (Å²) in [5, 5.41) is 1.70. The highest BCUT2D eigenvalue weighted by Gasteiger charge is 2.28. The van der Waals surface area contributed by atoms with Crippen molar-refractivity contribution in [2.24, 2.45) is 5.41 Å². The van der Waals surface area contributed by atoms with Crippen LogP contribution in [0.1, 0.15) is 20.8 Å². The Hall–Kier alpha value is -1.14. The average molecular weight is 359 g/mol. The van der Waals surface area contributed by atoms with Gasteiger partial charge in [-0.15, -0.1) is 5.06 Å². The molecule has 0 spiro atoms. The molecule has 0 bridgehead atoms. The molecular formula is C15H20BrFN2O2. The van der Waals surface area contributed by atoms with Crippen molar-refractivity contribution in [1.82, 2.24) is 5.06 Å². The molecule has 0 aromatic heterocycles. The first-order valence-electron chi connectivity index (χ1n) is 6.95. The Morgan fingerprint density at radius 3 is 2.38 bits per heavy atom. The van der Waals surface area contributed by atoms with Gasteiger partial charge in [-0.3, -0.25) is 0 Å². The van der Waals surface area contributed by atoms with Crippen molar-refractivity contribution in [1.29, 1.82) is 0 Å². The van der Waals surface area contributed by atoms with Gasteiger partial charge in [-0.1, -0.05) is 0 Å². The summed E-state index contributed by atoms with van der Waals surface area (Å²) in [4.78, 5) is 19.4. The number of anilines is 1. The number of nitrogens with zero attached hydrogens (tertiary/aromatic N) is 2. The third-order valence-electron chi connectivity index (χ3n) is 3.31. The van der Waals surface area contributed by atoms with E-state index in [1.165, 1.54) is 12.1 Å². The number of hydrogen-bond donors (Lipinski definition) is 0. The third-order valence-corrected chi connectivity index (χ3v) is 3.95. The molecule has 1 heterocycles. The summed E-state index contributed by atoms with van der Waals surface area (Å²) in [6.45, 7) is 8.21. The van der Waals surface area contributed by atoms with Gasteiger partial charge in [0.15, 0.2) is 0 Å². The minimum Gasteiger partial charge on any atom is -0.368 e. The summed E-state index contributed by atoms with van der Waals surface area (Å²) in [7, 11) is 0. The van der Waals surface area contributed by atoms with Crippen LogP contribution in [0.4, 0.5) is 10.1 Å². The van der Waals surface area contributed by atoms with Crippen molar-refractivity contribution in [3.05, 3.63) is 28.5 Å². The van der Waals surface area contributed by atoms with E-state index in [1.807, 2.05) is 20.8 Å². The van der Waals surface area contributed by atoms with E-state index in [0.717, 1.165) is 23.2 Å². The lowest BCUT2D eigenvalue weighted by Crippen LogP contribution is -2.48. The smallest absolute Gasteiger partial charge is 0.330 e. The molecule has 0 atom stereocenters. The summed E-state index contributed by atoms with van der Waals surface area (Å²) in [5.74, 6) is -0.484. The molecule has 0 N–H and O–H groups in total. The van der Waals surface area contributed by atoms with Crippen LogP contribution in [0.5, 0.6) is 0 Å². The van der Waals surface area contributed by atoms with E-state index in [0.29, 0.717) is 13.1 Å². The van der Waals surface area contributed by atoms with Crippen molar-refractivity contribution in [3.8, 4) is 0 Å². The normalized spacial score (nSPS) is 16.9. The van der Waals surface area contributed by atoms with Crippen molar-refractivity contribution in [3.63, 3.8) is 0 Å². The fourth-order valence-corrected chi connectivity index (χ4v) is 2.61. The zero-order valence-electron chi connectivity index (χ0n) is 12.5. The quantitative estimate of drug-likeness (QED) is 0.812. The van der Waals surface area contributed by atoms with E-state index in [9.17, 15) is 9.18 Å². The maximum atomic E-state index is 13.1. The Morgan fingerprint density at radius 1 is 1.24 bits per heavy atom. The number of hydroxylamine groups is 2. The second-order valence-corrected chi connectivity index (χ2v) is 6.99. The molecule has 1 aliphatic rings. The van der Waals surface area contributed by atoms with Gasteiger partial charge >= 0.3 is 5.97 Å². The molecule has 0 unspecified atom stereocenters. The number of rotatable bonds is 2. The Bertz CT molecular complexity index is 523. The zero-order valence-corrected chi connectivity index (χ0v) is 14.1. The van der Waals surface area contributed by atoms with Gasteiger partial charge in [0.05, 0.1) is 24.2 Å². The van der Waals surface area contributed by atoms with Crippen LogP contribution in [0.25, 0.3) is 0 Å². The number of halogens is 2. The lowest BCUT2D eigenvalue weighted by Gasteiger charge is -2.36. The minimum atomic E-state index is -0.503. The molecule has 0 aliphatic carbocycles. The Labute approximate surface area is 132 Å². The molecule has 4 nitrogen and oxygen atoms in total. The number of benzene rings is 1. The van der Waals surface area contributed by atoms with E-state index < -0.39 is 5.41 Å². The first-order chi connectivity index (χ1) is 9.77. The van der Waals surface area contributed by atoms with E-state index in [1.54, 1.807) is 11.1 Å². The largest absolute Gasteiger partial charge is 0.368 e. The topological polar surface area (TPSA) is 32.8 Å². The second-order valence-electron chi connectivity index (χ2n) is 6.14. The Morgan fingerprint density at radius 2 is 1.86 bits per heavy atom. The summed E-state index contributed by atoms with van der Waals surface area (Å²) in [5.41, 5.74) is 0.454. The molecule has 21 heavy (non-hydrogen) atoms. The third kappa shape index (κ3) is 4.17. The molecule has 116 valence electrons. The number of carbonyl (C=O) groups excluding carboxylic acids is 1. The molecule has 2 rings (SSSR count). The molecule has 0 saturated carbocycles. The van der Waals surface area contributed by atoms with Gasteiger partial charge in [-0.2, -0.15) is 0 Å². The first-order valence-corrected chi connectivity index (χ1v) is 7.74. The summed E-state index contributed by atoms with van der Waals surface area (Å²) in [6.07, 6.45) is 0. The van der Waals surface area contributed by atoms with Crippen molar-refractivity contribution >= 4 is 27.6 Å². The molecule has 0 radical (unpaired) electrons. The summed E-state index contributed by atoms with van der Waals surface area (Å²) in [6, 6.07) is 4.67. The van der Waals surface area contributed by atoms with Gasteiger partial charge in [-0.25, -0.2) is 9.18 Å². The molecule has 1 fully saturated rings. The maximum absolute atomic E-state index is 13.1. The fraction of sp³-hybridized carbons (Fsp3) is 0.533. The highest BCUT2D eigenvalue weighted by molar-refractivity contribution is 9.10. The summed E-state index contributed by atoms with van der Waals surface area (Å²) >= 11 is 3.38. The second kappa shape index (κ2) is 6.32. The molecule has 1 saturated heterocycles. The fourth-order valence-electron chi connectivity index (χ4n) is 2.01. The van der Waals surface area contributed by atoms with Gasteiger partial charge in [0.2, 0.25) is 0 Å². The van der Waals surface area contributed by atoms with Gasteiger partial charge in [0.1, 0.15) is 5.82 Å². The van der Waals surface area contributed by atoms with E-state index in [-0.39, 0.29) is 11.8 Å². The van der Waals surface area contributed by atoms with E-state index in [2.05, 4.69) is 20.8 Å². The van der Waals surface area contributed by atoms with E-state index in [4.69, 9.17) is 4.84 Å². The summed E-state index contributed by atoms with van der Waals surface area (Å²) < 4.78 is 13.9. The van der Waals surface area contributed by atoms with E-state index >= 15 is 0 Å². The molecule has 6 heteroatoms. The van der Waals surface area contributed by atoms with Crippen LogP contribution < -0.4 is 4.90 Å². The molecule has 0 amide bonds. The molecule has 1 aromatic rings. The van der Waals surface area contributed by atoms with Crippen LogP contribution in [0, 0.1) is 11.2 Å². The molecule has 1 aromatic carbocycles. The minimum absolute atomic E-state index is 0.223. The predicted octanol–water partition coefficient (Wildman–Crippen LogP) is 3.21. The van der Waals surface area contributed by atoms with Gasteiger partial charge in [0.25, 0.3) is 0 Å².